The minimum atomic E-state index is -0.263. The van der Waals surface area contributed by atoms with Crippen LogP contribution in [0.4, 0.5) is 4.79 Å². The first kappa shape index (κ1) is 14.5. The summed E-state index contributed by atoms with van der Waals surface area (Å²) in [5.74, 6) is -0.263. The van der Waals surface area contributed by atoms with E-state index in [9.17, 15) is 9.59 Å². The summed E-state index contributed by atoms with van der Waals surface area (Å²) >= 11 is 0.958. The van der Waals surface area contributed by atoms with Crippen LogP contribution in [0, 0.1) is 6.92 Å². The van der Waals surface area contributed by atoms with Crippen molar-refractivity contribution < 1.29 is 9.59 Å². The Balaban J connectivity index is 1.80. The highest BCUT2D eigenvalue weighted by atomic mass is 32.2. The van der Waals surface area contributed by atoms with Crippen LogP contribution >= 0.6 is 11.8 Å². The second kappa shape index (κ2) is 6.15. The average Bonchev–Trinajstić information content (AvgIpc) is 2.78. The number of amides is 2. The Hall–Kier alpha value is -2.40. The number of carbonyl (C=O) groups is 2. The Morgan fingerprint density at radius 2 is 1.91 bits per heavy atom. The standard InChI is InChI=1S/C17H14N2O2S/c1-12-5-7-13(8-6-12)11-19-16(20)15(22-17(19)21)10-14-4-2-3-9-18-14/h2-10H,11H2,1H3. The van der Waals surface area contributed by atoms with Gasteiger partial charge in [0.25, 0.3) is 11.1 Å². The van der Waals surface area contributed by atoms with Crippen molar-refractivity contribution in [3.63, 3.8) is 0 Å². The maximum atomic E-state index is 12.4. The Kier molecular flexibility index (Phi) is 4.06. The van der Waals surface area contributed by atoms with Gasteiger partial charge >= 0.3 is 0 Å². The highest BCUT2D eigenvalue weighted by Crippen LogP contribution is 2.32. The molecule has 0 aliphatic carbocycles. The van der Waals surface area contributed by atoms with Gasteiger partial charge in [-0.2, -0.15) is 0 Å². The number of hydrogen-bond acceptors (Lipinski definition) is 4. The van der Waals surface area contributed by atoms with E-state index < -0.39 is 0 Å². The molecule has 0 spiro atoms. The van der Waals surface area contributed by atoms with Crippen LogP contribution in [0.1, 0.15) is 16.8 Å². The van der Waals surface area contributed by atoms with Crippen LogP contribution in [-0.2, 0) is 11.3 Å². The minimum Gasteiger partial charge on any atom is -0.268 e. The number of pyridine rings is 1. The second-order valence-corrected chi connectivity index (χ2v) is 6.00. The van der Waals surface area contributed by atoms with E-state index in [4.69, 9.17) is 0 Å². The summed E-state index contributed by atoms with van der Waals surface area (Å²) in [4.78, 5) is 30.3. The van der Waals surface area contributed by atoms with Gasteiger partial charge in [0.2, 0.25) is 0 Å². The molecule has 1 aromatic carbocycles. The Morgan fingerprint density at radius 3 is 2.59 bits per heavy atom. The fourth-order valence-corrected chi connectivity index (χ4v) is 2.93. The zero-order valence-electron chi connectivity index (χ0n) is 12.0. The minimum absolute atomic E-state index is 0.243. The van der Waals surface area contributed by atoms with Crippen molar-refractivity contribution in [3.05, 3.63) is 70.4 Å². The quantitative estimate of drug-likeness (QED) is 0.812. The normalized spacial score (nSPS) is 16.6. The second-order valence-electron chi connectivity index (χ2n) is 5.01. The molecular weight excluding hydrogens is 296 g/mol. The third-order valence-corrected chi connectivity index (χ3v) is 4.21. The molecule has 1 aliphatic rings. The highest BCUT2D eigenvalue weighted by molar-refractivity contribution is 8.18. The predicted octanol–water partition coefficient (Wildman–Crippen LogP) is 3.63. The van der Waals surface area contributed by atoms with E-state index in [0.29, 0.717) is 17.1 Å². The summed E-state index contributed by atoms with van der Waals surface area (Å²) < 4.78 is 0. The van der Waals surface area contributed by atoms with Crippen molar-refractivity contribution in [3.8, 4) is 0 Å². The molecule has 2 amide bonds. The van der Waals surface area contributed by atoms with Gasteiger partial charge in [-0.05, 0) is 42.5 Å². The number of thioether (sulfide) groups is 1. The van der Waals surface area contributed by atoms with Crippen LogP contribution in [0.15, 0.2) is 53.6 Å². The molecule has 4 nitrogen and oxygen atoms in total. The predicted molar refractivity (Wildman–Crippen MR) is 86.9 cm³/mol. The van der Waals surface area contributed by atoms with Crippen molar-refractivity contribution >= 4 is 29.0 Å². The third kappa shape index (κ3) is 3.09. The van der Waals surface area contributed by atoms with Gasteiger partial charge in [-0.1, -0.05) is 35.9 Å². The molecule has 2 heterocycles. The van der Waals surface area contributed by atoms with E-state index >= 15 is 0 Å². The van der Waals surface area contributed by atoms with E-state index in [0.717, 1.165) is 22.9 Å². The number of nitrogens with zero attached hydrogens (tertiary/aromatic N) is 2. The number of benzene rings is 1. The molecule has 0 N–H and O–H groups in total. The molecule has 1 saturated heterocycles. The van der Waals surface area contributed by atoms with Crippen LogP contribution in [0.3, 0.4) is 0 Å². The smallest absolute Gasteiger partial charge is 0.268 e. The summed E-state index contributed by atoms with van der Waals surface area (Å²) in [7, 11) is 0. The molecule has 0 unspecified atom stereocenters. The van der Waals surface area contributed by atoms with Crippen molar-refractivity contribution in [1.29, 1.82) is 0 Å². The lowest BCUT2D eigenvalue weighted by Gasteiger charge is -2.12. The molecular formula is C17H14N2O2S. The molecule has 5 heteroatoms. The van der Waals surface area contributed by atoms with Gasteiger partial charge in [-0.25, -0.2) is 0 Å². The number of rotatable bonds is 3. The number of aryl methyl sites for hydroxylation is 1. The lowest BCUT2D eigenvalue weighted by molar-refractivity contribution is -0.123. The molecule has 0 radical (unpaired) electrons. The molecule has 3 rings (SSSR count). The Labute approximate surface area is 132 Å². The van der Waals surface area contributed by atoms with Gasteiger partial charge < -0.3 is 0 Å². The van der Waals surface area contributed by atoms with Gasteiger partial charge in [0.05, 0.1) is 17.1 Å². The van der Waals surface area contributed by atoms with E-state index in [1.54, 1.807) is 24.4 Å². The molecule has 0 atom stereocenters. The van der Waals surface area contributed by atoms with Crippen molar-refractivity contribution in [2.24, 2.45) is 0 Å². The zero-order valence-corrected chi connectivity index (χ0v) is 12.8. The van der Waals surface area contributed by atoms with E-state index in [-0.39, 0.29) is 11.1 Å². The van der Waals surface area contributed by atoms with Gasteiger partial charge in [0.15, 0.2) is 0 Å². The lowest BCUT2D eigenvalue weighted by atomic mass is 10.1. The van der Waals surface area contributed by atoms with Gasteiger partial charge in [0.1, 0.15) is 0 Å². The number of imide groups is 1. The SMILES string of the molecule is Cc1ccc(CN2C(=O)SC(=Cc3ccccn3)C2=O)cc1. The lowest BCUT2D eigenvalue weighted by Crippen LogP contribution is -2.27. The first-order valence-corrected chi connectivity index (χ1v) is 7.67. The maximum absolute atomic E-state index is 12.4. The molecule has 1 fully saturated rings. The largest absolute Gasteiger partial charge is 0.293 e. The number of hydrogen-bond donors (Lipinski definition) is 0. The summed E-state index contributed by atoms with van der Waals surface area (Å²) in [6.07, 6.45) is 3.31. The van der Waals surface area contributed by atoms with E-state index in [2.05, 4.69) is 4.98 Å². The van der Waals surface area contributed by atoms with E-state index in [1.165, 1.54) is 4.90 Å². The van der Waals surface area contributed by atoms with Crippen molar-refractivity contribution in [2.75, 3.05) is 0 Å². The number of carbonyl (C=O) groups excluding carboxylic acids is 2. The third-order valence-electron chi connectivity index (χ3n) is 3.30. The molecule has 1 aliphatic heterocycles. The highest BCUT2D eigenvalue weighted by Gasteiger charge is 2.34. The maximum Gasteiger partial charge on any atom is 0.293 e. The van der Waals surface area contributed by atoms with Gasteiger partial charge in [0, 0.05) is 6.20 Å². The van der Waals surface area contributed by atoms with Crippen LogP contribution in [0.25, 0.3) is 6.08 Å². The summed E-state index contributed by atoms with van der Waals surface area (Å²) in [5.41, 5.74) is 2.75. The molecule has 22 heavy (non-hydrogen) atoms. The van der Waals surface area contributed by atoms with Crippen LogP contribution < -0.4 is 0 Å². The fourth-order valence-electron chi connectivity index (χ4n) is 2.11. The Morgan fingerprint density at radius 1 is 1.14 bits per heavy atom. The topological polar surface area (TPSA) is 50.3 Å². The Bertz CT molecular complexity index is 739. The molecule has 110 valence electrons. The van der Waals surface area contributed by atoms with Crippen LogP contribution in [-0.4, -0.2) is 21.0 Å². The summed E-state index contributed by atoms with van der Waals surface area (Å²) in [6.45, 7) is 2.30. The monoisotopic (exact) mass is 310 g/mol. The van der Waals surface area contributed by atoms with Crippen molar-refractivity contribution in [1.82, 2.24) is 9.88 Å². The zero-order chi connectivity index (χ0) is 15.5. The summed E-state index contributed by atoms with van der Waals surface area (Å²) in [5, 5.41) is -0.243. The number of aromatic nitrogens is 1. The van der Waals surface area contributed by atoms with Crippen LogP contribution in [0.5, 0.6) is 0 Å². The average molecular weight is 310 g/mol. The molecule has 0 saturated carbocycles. The first-order valence-electron chi connectivity index (χ1n) is 6.85. The molecule has 2 aromatic rings. The fraction of sp³-hybridized carbons (Fsp3) is 0.118. The van der Waals surface area contributed by atoms with E-state index in [1.807, 2.05) is 37.3 Å². The van der Waals surface area contributed by atoms with Crippen LogP contribution in [0.2, 0.25) is 0 Å². The molecule has 1 aromatic heterocycles. The van der Waals surface area contributed by atoms with Gasteiger partial charge in [-0.3, -0.25) is 19.5 Å². The van der Waals surface area contributed by atoms with Crippen molar-refractivity contribution in [2.45, 2.75) is 13.5 Å². The van der Waals surface area contributed by atoms with Gasteiger partial charge in [-0.15, -0.1) is 0 Å². The first-order chi connectivity index (χ1) is 10.6. The molecule has 0 bridgehead atoms. The summed E-state index contributed by atoms with van der Waals surface area (Å²) in [6, 6.07) is 13.3.